The molecule has 1 fully saturated rings. The van der Waals surface area contributed by atoms with Crippen LogP contribution in [0.1, 0.15) is 72.6 Å². The van der Waals surface area contributed by atoms with Crippen LogP contribution in [-0.4, -0.2) is 37.6 Å². The second-order valence-electron chi connectivity index (χ2n) is 7.93. The fraction of sp³-hybridized carbons (Fsp3) is 1.00. The summed E-state index contributed by atoms with van der Waals surface area (Å²) in [5.74, 6) is 0.963. The van der Waals surface area contributed by atoms with Crippen molar-refractivity contribution in [2.45, 2.75) is 78.7 Å². The van der Waals surface area contributed by atoms with Crippen LogP contribution >= 0.6 is 0 Å². The standard InChI is InChI=1S/C18H38N2/c1-6-13-19-17(18(2,3)4)12-14-20(5)15-16-10-8-7-9-11-16/h16-17,19H,6-15H2,1-5H3. The van der Waals surface area contributed by atoms with Gasteiger partial charge in [0.05, 0.1) is 0 Å². The molecular formula is C18H38N2. The summed E-state index contributed by atoms with van der Waals surface area (Å²) in [5, 5.41) is 3.74. The fourth-order valence-electron chi connectivity index (χ4n) is 3.41. The largest absolute Gasteiger partial charge is 0.313 e. The lowest BCUT2D eigenvalue weighted by Gasteiger charge is -2.34. The van der Waals surface area contributed by atoms with Crippen molar-refractivity contribution in [2.24, 2.45) is 11.3 Å². The van der Waals surface area contributed by atoms with E-state index in [0.29, 0.717) is 11.5 Å². The normalized spacial score (nSPS) is 19.5. The summed E-state index contributed by atoms with van der Waals surface area (Å²) in [7, 11) is 2.31. The summed E-state index contributed by atoms with van der Waals surface area (Å²) < 4.78 is 0. The average molecular weight is 283 g/mol. The number of nitrogens with zero attached hydrogens (tertiary/aromatic N) is 1. The van der Waals surface area contributed by atoms with Gasteiger partial charge in [0, 0.05) is 12.6 Å². The van der Waals surface area contributed by atoms with Crippen LogP contribution in [0.25, 0.3) is 0 Å². The summed E-state index contributed by atoms with van der Waals surface area (Å²) in [4.78, 5) is 2.57. The van der Waals surface area contributed by atoms with E-state index in [2.05, 4.69) is 45.0 Å². The highest BCUT2D eigenvalue weighted by Gasteiger charge is 2.24. The number of nitrogens with one attached hydrogen (secondary N) is 1. The molecule has 0 amide bonds. The zero-order valence-electron chi connectivity index (χ0n) is 14.7. The molecule has 0 aliphatic heterocycles. The monoisotopic (exact) mass is 282 g/mol. The molecule has 0 bridgehead atoms. The van der Waals surface area contributed by atoms with Crippen LogP contribution < -0.4 is 5.32 Å². The van der Waals surface area contributed by atoms with E-state index in [-0.39, 0.29) is 0 Å². The van der Waals surface area contributed by atoms with Crippen molar-refractivity contribution >= 4 is 0 Å². The van der Waals surface area contributed by atoms with Crippen LogP contribution in [0.4, 0.5) is 0 Å². The van der Waals surface area contributed by atoms with E-state index in [9.17, 15) is 0 Å². The molecule has 1 rings (SSSR count). The van der Waals surface area contributed by atoms with Gasteiger partial charge < -0.3 is 10.2 Å². The first-order valence-electron chi connectivity index (χ1n) is 8.85. The van der Waals surface area contributed by atoms with Gasteiger partial charge in [-0.3, -0.25) is 0 Å². The van der Waals surface area contributed by atoms with Crippen LogP contribution in [0, 0.1) is 11.3 Å². The van der Waals surface area contributed by atoms with Gasteiger partial charge in [0.1, 0.15) is 0 Å². The third-order valence-electron chi connectivity index (χ3n) is 4.78. The molecule has 0 heterocycles. The van der Waals surface area contributed by atoms with Crippen molar-refractivity contribution < 1.29 is 0 Å². The Bertz CT molecular complexity index is 238. The minimum atomic E-state index is 0.362. The van der Waals surface area contributed by atoms with E-state index < -0.39 is 0 Å². The first kappa shape index (κ1) is 18.0. The minimum absolute atomic E-state index is 0.362. The Labute approximate surface area is 127 Å². The van der Waals surface area contributed by atoms with Crippen molar-refractivity contribution in [3.63, 3.8) is 0 Å². The minimum Gasteiger partial charge on any atom is -0.313 e. The summed E-state index contributed by atoms with van der Waals surface area (Å²) in [6, 6.07) is 0.635. The fourth-order valence-corrected chi connectivity index (χ4v) is 3.41. The molecule has 0 aromatic heterocycles. The van der Waals surface area contributed by atoms with Gasteiger partial charge in [-0.15, -0.1) is 0 Å². The zero-order valence-corrected chi connectivity index (χ0v) is 14.7. The predicted molar refractivity (Wildman–Crippen MR) is 90.2 cm³/mol. The molecule has 120 valence electrons. The van der Waals surface area contributed by atoms with E-state index in [1.807, 2.05) is 0 Å². The zero-order chi connectivity index (χ0) is 15.0. The van der Waals surface area contributed by atoms with Gasteiger partial charge in [-0.2, -0.15) is 0 Å². The van der Waals surface area contributed by atoms with Crippen molar-refractivity contribution in [1.82, 2.24) is 10.2 Å². The molecule has 0 radical (unpaired) electrons. The Kier molecular flexibility index (Phi) is 8.13. The summed E-state index contributed by atoms with van der Waals surface area (Å²) in [6.07, 6.45) is 9.80. The second kappa shape index (κ2) is 9.04. The Hall–Kier alpha value is -0.0800. The van der Waals surface area contributed by atoms with Crippen molar-refractivity contribution in [1.29, 1.82) is 0 Å². The van der Waals surface area contributed by atoms with Crippen molar-refractivity contribution in [2.75, 3.05) is 26.7 Å². The molecule has 2 nitrogen and oxygen atoms in total. The Morgan fingerprint density at radius 1 is 1.15 bits per heavy atom. The summed E-state index contributed by atoms with van der Waals surface area (Å²) in [6.45, 7) is 13.0. The Morgan fingerprint density at radius 2 is 1.80 bits per heavy atom. The lowest BCUT2D eigenvalue weighted by molar-refractivity contribution is 0.194. The average Bonchev–Trinajstić information content (AvgIpc) is 2.38. The van der Waals surface area contributed by atoms with E-state index in [4.69, 9.17) is 0 Å². The molecule has 0 saturated heterocycles. The van der Waals surface area contributed by atoms with E-state index in [1.165, 1.54) is 58.0 Å². The smallest absolute Gasteiger partial charge is 0.0128 e. The number of rotatable bonds is 8. The van der Waals surface area contributed by atoms with E-state index >= 15 is 0 Å². The lowest BCUT2D eigenvalue weighted by atomic mass is 9.84. The quantitative estimate of drug-likeness (QED) is 0.714. The maximum Gasteiger partial charge on any atom is 0.0128 e. The molecular weight excluding hydrogens is 244 g/mol. The maximum atomic E-state index is 3.74. The van der Waals surface area contributed by atoms with Gasteiger partial charge in [-0.25, -0.2) is 0 Å². The van der Waals surface area contributed by atoms with Gasteiger partial charge in [-0.1, -0.05) is 47.0 Å². The third-order valence-corrected chi connectivity index (χ3v) is 4.78. The molecule has 1 atom stereocenters. The van der Waals surface area contributed by atoms with Crippen molar-refractivity contribution in [3.05, 3.63) is 0 Å². The molecule has 0 aromatic carbocycles. The molecule has 1 unspecified atom stereocenters. The highest BCUT2D eigenvalue weighted by molar-refractivity contribution is 4.81. The molecule has 0 aromatic rings. The van der Waals surface area contributed by atoms with Crippen LogP contribution in [-0.2, 0) is 0 Å². The first-order valence-corrected chi connectivity index (χ1v) is 8.85. The highest BCUT2D eigenvalue weighted by atomic mass is 15.1. The van der Waals surface area contributed by atoms with E-state index in [1.54, 1.807) is 0 Å². The van der Waals surface area contributed by atoms with Crippen LogP contribution in [0.15, 0.2) is 0 Å². The van der Waals surface area contributed by atoms with Gasteiger partial charge in [0.15, 0.2) is 0 Å². The number of hydrogen-bond acceptors (Lipinski definition) is 2. The van der Waals surface area contributed by atoms with Gasteiger partial charge in [0.25, 0.3) is 0 Å². The van der Waals surface area contributed by atoms with Crippen molar-refractivity contribution in [3.8, 4) is 0 Å². The van der Waals surface area contributed by atoms with Gasteiger partial charge in [-0.05, 0) is 57.2 Å². The molecule has 1 aliphatic rings. The highest BCUT2D eigenvalue weighted by Crippen LogP contribution is 2.25. The SMILES string of the molecule is CCCNC(CCN(C)CC1CCCCC1)C(C)(C)C. The van der Waals surface area contributed by atoms with E-state index in [0.717, 1.165) is 12.5 Å². The second-order valence-corrected chi connectivity index (χ2v) is 7.93. The Morgan fingerprint density at radius 3 is 2.35 bits per heavy atom. The number of hydrogen-bond donors (Lipinski definition) is 1. The molecule has 1 aliphatic carbocycles. The summed E-state index contributed by atoms with van der Waals surface area (Å²) >= 11 is 0. The Balaban J connectivity index is 2.29. The first-order chi connectivity index (χ1) is 9.43. The molecule has 1 saturated carbocycles. The molecule has 2 heteroatoms. The summed E-state index contributed by atoms with van der Waals surface area (Å²) in [5.41, 5.74) is 0.362. The molecule has 0 spiro atoms. The van der Waals surface area contributed by atoms with Crippen LogP contribution in [0.5, 0.6) is 0 Å². The predicted octanol–water partition coefficient (Wildman–Crippen LogP) is 4.30. The lowest BCUT2D eigenvalue weighted by Crippen LogP contribution is -2.43. The van der Waals surface area contributed by atoms with Gasteiger partial charge >= 0.3 is 0 Å². The topological polar surface area (TPSA) is 15.3 Å². The molecule has 1 N–H and O–H groups in total. The maximum absolute atomic E-state index is 3.74. The van der Waals surface area contributed by atoms with Crippen LogP contribution in [0.3, 0.4) is 0 Å². The van der Waals surface area contributed by atoms with Crippen LogP contribution in [0.2, 0.25) is 0 Å². The van der Waals surface area contributed by atoms with Gasteiger partial charge in [0.2, 0.25) is 0 Å². The third kappa shape index (κ3) is 7.08. The molecule has 20 heavy (non-hydrogen) atoms.